The lowest BCUT2D eigenvalue weighted by Crippen LogP contribution is -2.36. The predicted octanol–water partition coefficient (Wildman–Crippen LogP) is 6.11. The Labute approximate surface area is 269 Å². The van der Waals surface area contributed by atoms with Crippen molar-refractivity contribution in [1.82, 2.24) is 19.9 Å². The van der Waals surface area contributed by atoms with Crippen LogP contribution in [0.2, 0.25) is 10.0 Å². The Morgan fingerprint density at radius 3 is 2.25 bits per heavy atom. The first kappa shape index (κ1) is 32.4. The molecule has 2 fully saturated rings. The minimum Gasteiger partial charge on any atom is -0.469 e. The number of aromatic nitrogens is 3. The van der Waals surface area contributed by atoms with Crippen LogP contribution in [-0.2, 0) is 25.8 Å². The minimum absolute atomic E-state index is 0.101. The SMILES string of the molecule is COC(=O)CC1CCN(Cc2cc(Oc3cnc(N4CCC(N=S(C)(C)=O)CC4)nc3)nc(-c3cc(Cl)cc(Cl)c3)c2)CC1. The molecule has 2 saturated heterocycles. The van der Waals surface area contributed by atoms with Gasteiger partial charge in [-0.25, -0.2) is 19.3 Å². The zero-order valence-electron chi connectivity index (χ0n) is 25.2. The van der Waals surface area contributed by atoms with Crippen molar-refractivity contribution in [3.63, 3.8) is 0 Å². The molecule has 0 bridgehead atoms. The number of halogens is 2. The summed E-state index contributed by atoms with van der Waals surface area (Å²) >= 11 is 12.6. The first-order valence-corrected chi connectivity index (χ1v) is 17.8. The number of pyridine rings is 1. The fourth-order valence-electron chi connectivity index (χ4n) is 5.65. The van der Waals surface area contributed by atoms with E-state index in [1.165, 1.54) is 7.11 Å². The van der Waals surface area contributed by atoms with E-state index in [1.807, 2.05) is 24.3 Å². The van der Waals surface area contributed by atoms with Gasteiger partial charge in [0.2, 0.25) is 11.8 Å². The molecule has 4 heterocycles. The summed E-state index contributed by atoms with van der Waals surface area (Å²) in [4.78, 5) is 30.1. The van der Waals surface area contributed by atoms with Crippen molar-refractivity contribution in [2.24, 2.45) is 10.3 Å². The zero-order chi connectivity index (χ0) is 31.3. The molecular formula is C31H38Cl2N6O4S. The third kappa shape index (κ3) is 9.26. The number of piperidine rings is 2. The Hall–Kier alpha value is -2.99. The summed E-state index contributed by atoms with van der Waals surface area (Å²) in [5.74, 6) is 1.70. The van der Waals surface area contributed by atoms with Gasteiger partial charge >= 0.3 is 5.97 Å². The van der Waals surface area contributed by atoms with Gasteiger partial charge in [0.1, 0.15) is 0 Å². The number of methoxy groups -OCH3 is 1. The molecule has 2 aromatic heterocycles. The summed E-state index contributed by atoms with van der Waals surface area (Å²) in [5.41, 5.74) is 2.51. The number of carbonyl (C=O) groups excluding carboxylic acids is 1. The predicted molar refractivity (Wildman–Crippen MR) is 174 cm³/mol. The highest BCUT2D eigenvalue weighted by molar-refractivity contribution is 7.92. The van der Waals surface area contributed by atoms with Crippen molar-refractivity contribution >= 4 is 44.8 Å². The number of benzene rings is 1. The van der Waals surface area contributed by atoms with E-state index in [-0.39, 0.29) is 12.0 Å². The van der Waals surface area contributed by atoms with E-state index < -0.39 is 9.73 Å². The number of ether oxygens (including phenoxy) is 2. The normalized spacial score (nSPS) is 17.0. The maximum atomic E-state index is 12.0. The third-order valence-electron chi connectivity index (χ3n) is 7.80. The standard InChI is InChI=1S/C31H38Cl2N6O4S/c1-42-30(40)14-21-4-8-38(9-5-21)20-22-12-28(23-15-24(32)17-25(33)16-23)36-29(13-22)43-27-18-34-31(35-19-27)39-10-6-26(7-11-39)37-44(2,3)41/h12-13,15-19,21,26H,4-11,14,20H2,1-3H3. The second kappa shape index (κ2) is 14.4. The molecule has 2 aliphatic heterocycles. The maximum absolute atomic E-state index is 12.0. The van der Waals surface area contributed by atoms with Crippen LogP contribution in [0.25, 0.3) is 11.3 Å². The van der Waals surface area contributed by atoms with E-state index in [1.54, 1.807) is 31.0 Å². The van der Waals surface area contributed by atoms with Crippen LogP contribution in [0, 0.1) is 5.92 Å². The molecule has 0 N–H and O–H groups in total. The molecule has 0 amide bonds. The van der Waals surface area contributed by atoms with Crippen LogP contribution in [-0.4, -0.2) is 81.9 Å². The van der Waals surface area contributed by atoms with Gasteiger partial charge in [0.05, 0.1) is 31.2 Å². The number of likely N-dealkylation sites (tertiary alicyclic amines) is 1. The topological polar surface area (TPSA) is 110 Å². The monoisotopic (exact) mass is 660 g/mol. The Kier molecular flexibility index (Phi) is 10.6. The van der Waals surface area contributed by atoms with Crippen LogP contribution in [0.15, 0.2) is 47.1 Å². The first-order chi connectivity index (χ1) is 21.0. The largest absolute Gasteiger partial charge is 0.469 e. The quantitative estimate of drug-likeness (QED) is 0.251. The number of esters is 1. The minimum atomic E-state index is -2.11. The number of rotatable bonds is 9. The number of anilines is 1. The molecule has 0 spiro atoms. The van der Waals surface area contributed by atoms with Gasteiger partial charge in [0.15, 0.2) is 5.75 Å². The highest BCUT2D eigenvalue weighted by Gasteiger charge is 2.23. The molecule has 44 heavy (non-hydrogen) atoms. The van der Waals surface area contributed by atoms with Gasteiger partial charge in [-0.3, -0.25) is 13.9 Å². The fraction of sp³-hybridized carbons (Fsp3) is 0.484. The summed E-state index contributed by atoms with van der Waals surface area (Å²) < 4.78 is 27.5. The van der Waals surface area contributed by atoms with Crippen molar-refractivity contribution in [2.45, 2.75) is 44.7 Å². The van der Waals surface area contributed by atoms with Crippen LogP contribution in [0.4, 0.5) is 5.95 Å². The molecule has 10 nitrogen and oxygen atoms in total. The second-order valence-electron chi connectivity index (χ2n) is 11.7. The number of nitrogens with zero attached hydrogens (tertiary/aromatic N) is 6. The van der Waals surface area contributed by atoms with Crippen LogP contribution in [0.1, 0.15) is 37.7 Å². The summed E-state index contributed by atoms with van der Waals surface area (Å²) in [7, 11) is -0.677. The Morgan fingerprint density at radius 2 is 1.64 bits per heavy atom. The number of hydrogen-bond acceptors (Lipinski definition) is 10. The lowest BCUT2D eigenvalue weighted by Gasteiger charge is -2.31. The molecule has 1 aromatic carbocycles. The van der Waals surface area contributed by atoms with Crippen molar-refractivity contribution in [2.75, 3.05) is 50.7 Å². The smallest absolute Gasteiger partial charge is 0.305 e. The first-order valence-electron chi connectivity index (χ1n) is 14.7. The zero-order valence-corrected chi connectivity index (χ0v) is 27.6. The average Bonchev–Trinajstić information content (AvgIpc) is 2.97. The van der Waals surface area contributed by atoms with Gasteiger partial charge in [-0.15, -0.1) is 0 Å². The summed E-state index contributed by atoms with van der Waals surface area (Å²) in [5, 5.41) is 1.05. The van der Waals surface area contributed by atoms with Gasteiger partial charge in [-0.1, -0.05) is 23.2 Å². The van der Waals surface area contributed by atoms with E-state index in [4.69, 9.17) is 37.7 Å². The highest BCUT2D eigenvalue weighted by Crippen LogP contribution is 2.31. The molecule has 2 aliphatic rings. The van der Waals surface area contributed by atoms with Crippen molar-refractivity contribution in [3.05, 3.63) is 58.3 Å². The van der Waals surface area contributed by atoms with E-state index in [9.17, 15) is 9.00 Å². The lowest BCUT2D eigenvalue weighted by atomic mass is 9.93. The van der Waals surface area contributed by atoms with Crippen LogP contribution in [0.5, 0.6) is 11.6 Å². The molecular weight excluding hydrogens is 623 g/mol. The molecule has 236 valence electrons. The maximum Gasteiger partial charge on any atom is 0.305 e. The van der Waals surface area contributed by atoms with Crippen LogP contribution in [0.3, 0.4) is 0 Å². The van der Waals surface area contributed by atoms with Gasteiger partial charge < -0.3 is 14.4 Å². The summed E-state index contributed by atoms with van der Waals surface area (Å²) in [6.45, 7) is 3.97. The molecule has 3 aromatic rings. The van der Waals surface area contributed by atoms with Gasteiger partial charge in [-0.2, -0.15) is 0 Å². The fourth-order valence-corrected chi connectivity index (χ4v) is 7.11. The van der Waals surface area contributed by atoms with Gasteiger partial charge in [0, 0.05) is 70.0 Å². The average molecular weight is 662 g/mol. The molecule has 5 rings (SSSR count). The van der Waals surface area contributed by atoms with Crippen molar-refractivity contribution in [1.29, 1.82) is 0 Å². The molecule has 0 aliphatic carbocycles. The lowest BCUT2D eigenvalue weighted by molar-refractivity contribution is -0.142. The number of carbonyl (C=O) groups is 1. The number of hydrogen-bond donors (Lipinski definition) is 0. The van der Waals surface area contributed by atoms with Crippen molar-refractivity contribution < 1.29 is 18.5 Å². The van der Waals surface area contributed by atoms with Crippen LogP contribution >= 0.6 is 23.2 Å². The van der Waals surface area contributed by atoms with E-state index in [2.05, 4.69) is 24.1 Å². The van der Waals surface area contributed by atoms with E-state index in [0.29, 0.717) is 52.2 Å². The molecule has 0 unspecified atom stereocenters. The molecule has 0 atom stereocenters. The Bertz CT molecular complexity index is 1550. The molecule has 0 radical (unpaired) electrons. The van der Waals surface area contributed by atoms with E-state index in [0.717, 1.165) is 63.0 Å². The molecule has 0 saturated carbocycles. The molecule has 13 heteroatoms. The summed E-state index contributed by atoms with van der Waals surface area (Å²) in [6, 6.07) is 9.40. The summed E-state index contributed by atoms with van der Waals surface area (Å²) in [6.07, 6.45) is 10.6. The van der Waals surface area contributed by atoms with E-state index >= 15 is 0 Å². The third-order valence-corrected chi connectivity index (χ3v) is 9.05. The second-order valence-corrected chi connectivity index (χ2v) is 15.1. The highest BCUT2D eigenvalue weighted by atomic mass is 35.5. The van der Waals surface area contributed by atoms with Crippen molar-refractivity contribution in [3.8, 4) is 22.9 Å². The Morgan fingerprint density at radius 1 is 0.977 bits per heavy atom. The van der Waals surface area contributed by atoms with Gasteiger partial charge in [0.25, 0.3) is 0 Å². The van der Waals surface area contributed by atoms with Gasteiger partial charge in [-0.05, 0) is 74.5 Å². The van der Waals surface area contributed by atoms with Crippen LogP contribution < -0.4 is 9.64 Å². The Balaban J connectivity index is 1.30.